The van der Waals surface area contributed by atoms with E-state index < -0.39 is 15.9 Å². The van der Waals surface area contributed by atoms with Crippen molar-refractivity contribution >= 4 is 27.5 Å². The zero-order chi connectivity index (χ0) is 16.2. The van der Waals surface area contributed by atoms with E-state index in [1.807, 2.05) is 19.0 Å². The number of rotatable bonds is 6. The fraction of sp³-hybridized carbons (Fsp3) is 0.462. The zero-order valence-corrected chi connectivity index (χ0v) is 14.1. The van der Waals surface area contributed by atoms with Gasteiger partial charge in [-0.05, 0) is 32.3 Å². The molecule has 0 aliphatic rings. The highest BCUT2D eigenvalue weighted by Crippen LogP contribution is 2.22. The van der Waals surface area contributed by atoms with Gasteiger partial charge in [0, 0.05) is 27.2 Å². The molecule has 1 N–H and O–H groups in total. The maximum atomic E-state index is 12.1. The number of hydrogen-bond acceptors (Lipinski definition) is 4. The molecule has 0 atom stereocenters. The van der Waals surface area contributed by atoms with Crippen LogP contribution >= 0.6 is 11.6 Å². The van der Waals surface area contributed by atoms with Crippen molar-refractivity contribution in [2.45, 2.75) is 4.90 Å². The predicted octanol–water partition coefficient (Wildman–Crippen LogP) is 0.882. The maximum absolute atomic E-state index is 12.1. The Hall–Kier alpha value is -1.15. The van der Waals surface area contributed by atoms with Crippen molar-refractivity contribution in [1.82, 2.24) is 14.5 Å². The van der Waals surface area contributed by atoms with Crippen LogP contribution in [-0.2, 0) is 10.0 Å². The second-order valence-corrected chi connectivity index (χ2v) is 7.55. The first-order valence-electron chi connectivity index (χ1n) is 6.31. The molecule has 0 fully saturated rings. The van der Waals surface area contributed by atoms with E-state index in [9.17, 15) is 13.2 Å². The van der Waals surface area contributed by atoms with Crippen molar-refractivity contribution < 1.29 is 13.2 Å². The summed E-state index contributed by atoms with van der Waals surface area (Å²) in [7, 11) is 3.05. The van der Waals surface area contributed by atoms with E-state index in [0.717, 1.165) is 4.31 Å². The van der Waals surface area contributed by atoms with Crippen LogP contribution in [0, 0.1) is 0 Å². The van der Waals surface area contributed by atoms with Gasteiger partial charge in [0.1, 0.15) is 0 Å². The molecule has 0 bridgehead atoms. The standard InChI is InChI=1S/C13H20ClN3O3S/c1-16(2)8-7-15-13(18)11-9-10(5-6-12(11)14)21(19,20)17(3)4/h5-6,9H,7-8H2,1-4H3,(H,15,18). The van der Waals surface area contributed by atoms with Crippen LogP contribution in [0.3, 0.4) is 0 Å². The molecule has 1 aromatic rings. The van der Waals surface area contributed by atoms with Gasteiger partial charge in [0.15, 0.2) is 0 Å². The minimum absolute atomic E-state index is 0.0367. The van der Waals surface area contributed by atoms with Crippen molar-refractivity contribution in [3.05, 3.63) is 28.8 Å². The molecule has 1 amide bonds. The molecule has 21 heavy (non-hydrogen) atoms. The number of amides is 1. The van der Waals surface area contributed by atoms with E-state index >= 15 is 0 Å². The van der Waals surface area contributed by atoms with Gasteiger partial charge >= 0.3 is 0 Å². The number of benzene rings is 1. The summed E-state index contributed by atoms with van der Waals surface area (Å²) < 4.78 is 25.2. The number of carbonyl (C=O) groups excluding carboxylic acids is 1. The highest BCUT2D eigenvalue weighted by atomic mass is 35.5. The highest BCUT2D eigenvalue weighted by molar-refractivity contribution is 7.89. The van der Waals surface area contributed by atoms with Gasteiger partial charge in [-0.25, -0.2) is 12.7 Å². The Kier molecular flexibility index (Phi) is 6.15. The van der Waals surface area contributed by atoms with Crippen LogP contribution in [0.1, 0.15) is 10.4 Å². The van der Waals surface area contributed by atoms with Gasteiger partial charge < -0.3 is 10.2 Å². The summed E-state index contributed by atoms with van der Waals surface area (Å²) in [5, 5.41) is 2.92. The predicted molar refractivity (Wildman–Crippen MR) is 83.2 cm³/mol. The lowest BCUT2D eigenvalue weighted by molar-refractivity contribution is 0.0951. The van der Waals surface area contributed by atoms with E-state index in [1.165, 1.54) is 32.3 Å². The Bertz CT molecular complexity index is 615. The number of likely N-dealkylation sites (N-methyl/N-ethyl adjacent to an activating group) is 1. The molecule has 0 radical (unpaired) electrons. The first-order valence-corrected chi connectivity index (χ1v) is 8.13. The Labute approximate surface area is 130 Å². The molecular formula is C13H20ClN3O3S. The molecule has 0 aliphatic carbocycles. The van der Waals surface area contributed by atoms with E-state index in [0.29, 0.717) is 13.1 Å². The van der Waals surface area contributed by atoms with Crippen molar-refractivity contribution in [2.75, 3.05) is 41.3 Å². The number of halogens is 1. The zero-order valence-electron chi connectivity index (χ0n) is 12.6. The summed E-state index contributed by atoms with van der Waals surface area (Å²) >= 11 is 5.98. The lowest BCUT2D eigenvalue weighted by atomic mass is 10.2. The number of carbonyl (C=O) groups is 1. The van der Waals surface area contributed by atoms with Gasteiger partial charge in [-0.15, -0.1) is 0 Å². The number of sulfonamides is 1. The SMILES string of the molecule is CN(C)CCNC(=O)c1cc(S(=O)(=O)N(C)C)ccc1Cl. The summed E-state index contributed by atoms with van der Waals surface area (Å²) in [5.74, 6) is -0.391. The normalized spacial score (nSPS) is 12.0. The molecule has 0 saturated heterocycles. The third kappa shape index (κ3) is 4.67. The minimum Gasteiger partial charge on any atom is -0.351 e. The first-order chi connectivity index (χ1) is 9.66. The molecule has 0 unspecified atom stereocenters. The molecule has 0 aromatic heterocycles. The lowest BCUT2D eigenvalue weighted by Gasteiger charge is -2.14. The largest absolute Gasteiger partial charge is 0.351 e. The Balaban J connectivity index is 3.00. The number of hydrogen-bond donors (Lipinski definition) is 1. The smallest absolute Gasteiger partial charge is 0.252 e. The van der Waals surface area contributed by atoms with Crippen molar-refractivity contribution in [1.29, 1.82) is 0 Å². The third-order valence-electron chi connectivity index (χ3n) is 2.81. The van der Waals surface area contributed by atoms with Gasteiger partial charge in [-0.1, -0.05) is 11.6 Å². The molecule has 0 aliphatic heterocycles. The van der Waals surface area contributed by atoms with Crippen LogP contribution in [0.5, 0.6) is 0 Å². The van der Waals surface area contributed by atoms with Gasteiger partial charge in [0.05, 0.1) is 15.5 Å². The van der Waals surface area contributed by atoms with Crippen molar-refractivity contribution in [2.24, 2.45) is 0 Å². The van der Waals surface area contributed by atoms with Crippen LogP contribution in [-0.4, -0.2) is 64.8 Å². The fourth-order valence-electron chi connectivity index (χ4n) is 1.54. The number of nitrogens with zero attached hydrogens (tertiary/aromatic N) is 2. The Morgan fingerprint density at radius 1 is 1.24 bits per heavy atom. The topological polar surface area (TPSA) is 69.7 Å². The minimum atomic E-state index is -3.60. The van der Waals surface area contributed by atoms with Gasteiger partial charge in [0.2, 0.25) is 10.0 Å². The van der Waals surface area contributed by atoms with E-state index in [4.69, 9.17) is 11.6 Å². The van der Waals surface area contributed by atoms with Crippen LogP contribution in [0.2, 0.25) is 5.02 Å². The van der Waals surface area contributed by atoms with Gasteiger partial charge in [-0.3, -0.25) is 4.79 Å². The second-order valence-electron chi connectivity index (χ2n) is 4.99. The van der Waals surface area contributed by atoms with Crippen LogP contribution in [0.25, 0.3) is 0 Å². The lowest BCUT2D eigenvalue weighted by Crippen LogP contribution is -2.31. The monoisotopic (exact) mass is 333 g/mol. The highest BCUT2D eigenvalue weighted by Gasteiger charge is 2.20. The third-order valence-corrected chi connectivity index (χ3v) is 4.95. The first kappa shape index (κ1) is 17.9. The average molecular weight is 334 g/mol. The van der Waals surface area contributed by atoms with Crippen LogP contribution < -0.4 is 5.32 Å². The summed E-state index contributed by atoms with van der Waals surface area (Å²) in [4.78, 5) is 14.0. The summed E-state index contributed by atoms with van der Waals surface area (Å²) in [6.07, 6.45) is 0. The molecule has 8 heteroatoms. The van der Waals surface area contributed by atoms with E-state index in [1.54, 1.807) is 0 Å². The molecule has 0 spiro atoms. The van der Waals surface area contributed by atoms with Gasteiger partial charge in [-0.2, -0.15) is 0 Å². The molecule has 118 valence electrons. The molecule has 1 aromatic carbocycles. The van der Waals surface area contributed by atoms with E-state index in [2.05, 4.69) is 5.32 Å². The van der Waals surface area contributed by atoms with Crippen molar-refractivity contribution in [3.63, 3.8) is 0 Å². The molecule has 1 rings (SSSR count). The second kappa shape index (κ2) is 7.22. The van der Waals surface area contributed by atoms with Gasteiger partial charge in [0.25, 0.3) is 5.91 Å². The number of nitrogens with one attached hydrogen (secondary N) is 1. The average Bonchev–Trinajstić information content (AvgIpc) is 2.38. The van der Waals surface area contributed by atoms with E-state index in [-0.39, 0.29) is 15.5 Å². The molecular weight excluding hydrogens is 314 g/mol. The molecule has 6 nitrogen and oxygen atoms in total. The summed E-state index contributed by atoms with van der Waals surface area (Å²) in [6, 6.07) is 4.09. The summed E-state index contributed by atoms with van der Waals surface area (Å²) in [6.45, 7) is 1.13. The van der Waals surface area contributed by atoms with Crippen LogP contribution in [0.15, 0.2) is 23.1 Å². The molecule has 0 saturated carbocycles. The fourth-order valence-corrected chi connectivity index (χ4v) is 2.67. The van der Waals surface area contributed by atoms with Crippen molar-refractivity contribution in [3.8, 4) is 0 Å². The Morgan fingerprint density at radius 2 is 1.86 bits per heavy atom. The summed E-state index contributed by atoms with van der Waals surface area (Å²) in [5.41, 5.74) is 0.151. The Morgan fingerprint density at radius 3 is 2.38 bits per heavy atom. The molecule has 0 heterocycles. The quantitative estimate of drug-likeness (QED) is 0.839. The maximum Gasteiger partial charge on any atom is 0.252 e. The van der Waals surface area contributed by atoms with Crippen LogP contribution in [0.4, 0.5) is 0 Å².